The Hall–Kier alpha value is -0.263. The van der Waals surface area contributed by atoms with Crippen molar-refractivity contribution >= 4 is 0 Å². The largest absolute Gasteiger partial charge is 1.00 e. The fourth-order valence-corrected chi connectivity index (χ4v) is 1.90. The van der Waals surface area contributed by atoms with Crippen LogP contribution in [0.5, 0.6) is 0 Å². The Kier molecular flexibility index (Phi) is 5.42. The molecule has 0 amide bonds. The van der Waals surface area contributed by atoms with Crippen LogP contribution in [0.15, 0.2) is 30.3 Å². The van der Waals surface area contributed by atoms with Gasteiger partial charge in [-0.05, 0) is 13.1 Å². The smallest absolute Gasteiger partial charge is 0.652 e. The fraction of sp³-hybridized carbons (Fsp3) is 0.500. The van der Waals surface area contributed by atoms with E-state index in [-0.39, 0.29) is 18.9 Å². The van der Waals surface area contributed by atoms with Crippen molar-refractivity contribution in [2.24, 2.45) is 0 Å². The summed E-state index contributed by atoms with van der Waals surface area (Å²) < 4.78 is 0. The Morgan fingerprint density at radius 2 is 2.07 bits per heavy atom. The molecule has 0 bridgehead atoms. The van der Waals surface area contributed by atoms with Gasteiger partial charge in [-0.2, -0.15) is 0 Å². The summed E-state index contributed by atoms with van der Waals surface area (Å²) in [6.07, 6.45) is 1.19. The van der Waals surface area contributed by atoms with Crippen molar-refractivity contribution in [1.29, 1.82) is 0 Å². The maximum absolute atomic E-state index is 4.78. The summed E-state index contributed by atoms with van der Waals surface area (Å²) in [6, 6.07) is 11.4. The molecule has 0 spiro atoms. The van der Waals surface area contributed by atoms with E-state index in [2.05, 4.69) is 36.5 Å². The summed E-state index contributed by atoms with van der Waals surface area (Å²) in [6.45, 7) is 4.35. The molecule has 1 aromatic rings. The fourth-order valence-electron chi connectivity index (χ4n) is 1.90. The maximum Gasteiger partial charge on any atom is 1.00 e. The van der Waals surface area contributed by atoms with Crippen LogP contribution in [0.4, 0.5) is 0 Å². The maximum atomic E-state index is 4.78. The van der Waals surface area contributed by atoms with Crippen LogP contribution in [0.2, 0.25) is 0 Å². The molecule has 0 aliphatic carbocycles. The average molecular weight is 196 g/mol. The SMILES string of the molecule is C[C@@H]([N-]C1CCNC1)c1ccccc1.[Li+]. The van der Waals surface area contributed by atoms with Gasteiger partial charge in [0.1, 0.15) is 0 Å². The van der Waals surface area contributed by atoms with E-state index in [4.69, 9.17) is 5.32 Å². The topological polar surface area (TPSA) is 26.1 Å². The number of hydrogen-bond acceptors (Lipinski definition) is 1. The van der Waals surface area contributed by atoms with Crippen molar-refractivity contribution in [3.63, 3.8) is 0 Å². The van der Waals surface area contributed by atoms with Gasteiger partial charge in [0, 0.05) is 0 Å². The summed E-state index contributed by atoms with van der Waals surface area (Å²) >= 11 is 0. The number of benzene rings is 1. The first kappa shape index (κ1) is 12.8. The van der Waals surface area contributed by atoms with E-state index in [0.717, 1.165) is 13.1 Å². The molecular formula is C12H17LiN2. The molecule has 0 aromatic heterocycles. The molecule has 15 heavy (non-hydrogen) atoms. The molecule has 2 rings (SSSR count). The summed E-state index contributed by atoms with van der Waals surface area (Å²) in [7, 11) is 0. The normalized spacial score (nSPS) is 22.1. The molecular weight excluding hydrogens is 179 g/mol. The second-order valence-electron chi connectivity index (χ2n) is 3.88. The van der Waals surface area contributed by atoms with Crippen LogP contribution in [-0.2, 0) is 0 Å². The van der Waals surface area contributed by atoms with E-state index in [0.29, 0.717) is 12.1 Å². The molecule has 0 saturated carbocycles. The Labute approximate surface area is 104 Å². The summed E-state index contributed by atoms with van der Waals surface area (Å²) in [5, 5.41) is 8.12. The van der Waals surface area contributed by atoms with Crippen molar-refractivity contribution in [3.8, 4) is 0 Å². The quantitative estimate of drug-likeness (QED) is 0.647. The van der Waals surface area contributed by atoms with Crippen LogP contribution in [0.3, 0.4) is 0 Å². The van der Waals surface area contributed by atoms with Crippen LogP contribution in [-0.4, -0.2) is 19.1 Å². The summed E-state index contributed by atoms with van der Waals surface area (Å²) in [5.41, 5.74) is 1.32. The molecule has 1 aliphatic rings. The van der Waals surface area contributed by atoms with Gasteiger partial charge in [0.25, 0.3) is 0 Å². The van der Waals surface area contributed by atoms with Gasteiger partial charge in [-0.15, -0.1) is 12.1 Å². The first-order valence-electron chi connectivity index (χ1n) is 5.32. The molecule has 1 heterocycles. The van der Waals surface area contributed by atoms with Crippen LogP contribution in [0.1, 0.15) is 24.9 Å². The standard InChI is InChI=1S/C12H17N2.Li/c1-10(11-5-3-2-4-6-11)14-12-7-8-13-9-12;/h2-6,10,12-13H,7-9H2,1H3;/q-1;+1/t10-,12?;/m1./s1. The zero-order valence-corrected chi connectivity index (χ0v) is 9.61. The predicted molar refractivity (Wildman–Crippen MR) is 59.5 cm³/mol. The molecule has 3 heteroatoms. The molecule has 1 aliphatic heterocycles. The minimum absolute atomic E-state index is 0. The Bertz CT molecular complexity index is 270. The van der Waals surface area contributed by atoms with Crippen molar-refractivity contribution in [2.45, 2.75) is 25.4 Å². The van der Waals surface area contributed by atoms with Crippen LogP contribution < -0.4 is 24.2 Å². The number of nitrogens with zero attached hydrogens (tertiary/aromatic N) is 1. The first-order valence-corrected chi connectivity index (χ1v) is 5.32. The van der Waals surface area contributed by atoms with Crippen molar-refractivity contribution < 1.29 is 18.9 Å². The molecule has 2 nitrogen and oxygen atoms in total. The van der Waals surface area contributed by atoms with E-state index in [9.17, 15) is 0 Å². The Morgan fingerprint density at radius 1 is 1.33 bits per heavy atom. The summed E-state index contributed by atoms with van der Waals surface area (Å²) in [4.78, 5) is 0. The van der Waals surface area contributed by atoms with Gasteiger partial charge in [0.05, 0.1) is 0 Å². The molecule has 76 valence electrons. The van der Waals surface area contributed by atoms with Crippen LogP contribution >= 0.6 is 0 Å². The first-order chi connectivity index (χ1) is 6.86. The molecule has 1 unspecified atom stereocenters. The molecule has 1 saturated heterocycles. The molecule has 2 atom stereocenters. The second-order valence-corrected chi connectivity index (χ2v) is 3.88. The van der Waals surface area contributed by atoms with E-state index >= 15 is 0 Å². The molecule has 1 aromatic carbocycles. The van der Waals surface area contributed by atoms with Gasteiger partial charge in [0.15, 0.2) is 0 Å². The number of hydrogen-bond donors (Lipinski definition) is 1. The second kappa shape index (κ2) is 6.35. The van der Waals surface area contributed by atoms with Gasteiger partial charge >= 0.3 is 18.9 Å². The third kappa shape index (κ3) is 3.66. The third-order valence-electron chi connectivity index (χ3n) is 2.75. The van der Waals surface area contributed by atoms with Crippen molar-refractivity contribution in [2.75, 3.05) is 13.1 Å². The zero-order valence-electron chi connectivity index (χ0n) is 9.61. The summed E-state index contributed by atoms with van der Waals surface area (Å²) in [5.74, 6) is 0. The Balaban J connectivity index is 0.00000112. The molecule has 0 radical (unpaired) electrons. The van der Waals surface area contributed by atoms with Gasteiger partial charge in [-0.25, -0.2) is 0 Å². The minimum atomic E-state index is 0. The van der Waals surface area contributed by atoms with Crippen LogP contribution in [0.25, 0.3) is 5.32 Å². The van der Waals surface area contributed by atoms with E-state index in [1.165, 1.54) is 12.0 Å². The van der Waals surface area contributed by atoms with Gasteiger partial charge < -0.3 is 10.6 Å². The third-order valence-corrected chi connectivity index (χ3v) is 2.75. The number of nitrogens with one attached hydrogen (secondary N) is 1. The van der Waals surface area contributed by atoms with Gasteiger partial charge in [0.2, 0.25) is 0 Å². The van der Waals surface area contributed by atoms with Gasteiger partial charge in [-0.3, -0.25) is 0 Å². The van der Waals surface area contributed by atoms with Crippen molar-refractivity contribution in [1.82, 2.24) is 5.32 Å². The van der Waals surface area contributed by atoms with E-state index in [1.54, 1.807) is 0 Å². The number of rotatable bonds is 3. The zero-order chi connectivity index (χ0) is 9.80. The van der Waals surface area contributed by atoms with E-state index in [1.807, 2.05) is 6.07 Å². The monoisotopic (exact) mass is 196 g/mol. The predicted octanol–water partition coefficient (Wildman–Crippen LogP) is -0.513. The molecule has 1 N–H and O–H groups in total. The molecule has 1 fully saturated rings. The minimum Gasteiger partial charge on any atom is -0.652 e. The van der Waals surface area contributed by atoms with E-state index < -0.39 is 0 Å². The average Bonchev–Trinajstić information content (AvgIpc) is 2.72. The van der Waals surface area contributed by atoms with Crippen LogP contribution in [0, 0.1) is 0 Å². The Morgan fingerprint density at radius 3 is 2.67 bits per heavy atom. The van der Waals surface area contributed by atoms with Crippen molar-refractivity contribution in [3.05, 3.63) is 41.2 Å². The van der Waals surface area contributed by atoms with Gasteiger partial charge in [-0.1, -0.05) is 49.2 Å².